The Morgan fingerprint density at radius 3 is 1.87 bits per heavy atom. The maximum Gasteiger partial charge on any atom is 0.410 e. The van der Waals surface area contributed by atoms with Crippen LogP contribution < -0.4 is 0 Å². The van der Waals surface area contributed by atoms with E-state index in [2.05, 4.69) is 27.7 Å². The van der Waals surface area contributed by atoms with Gasteiger partial charge in [0.2, 0.25) is 0 Å². The summed E-state index contributed by atoms with van der Waals surface area (Å²) in [6.07, 6.45) is 2.70. The number of hydrogen-bond acceptors (Lipinski definition) is 3. The molecule has 1 saturated heterocycles. The van der Waals surface area contributed by atoms with E-state index < -0.39 is 13.9 Å². The molecule has 0 aromatic carbocycles. The molecule has 1 heterocycles. The Balaban J connectivity index is 2.71. The van der Waals surface area contributed by atoms with E-state index in [1.165, 1.54) is 18.1 Å². The second-order valence-electron chi connectivity index (χ2n) is 7.85. The number of ether oxygens (including phenoxy) is 1. The van der Waals surface area contributed by atoms with E-state index in [1.807, 2.05) is 25.7 Å². The molecule has 1 rings (SSSR count). The first kappa shape index (κ1) is 20.5. The molecule has 4 nitrogen and oxygen atoms in total. The van der Waals surface area contributed by atoms with Gasteiger partial charge in [-0.05, 0) is 58.2 Å². The van der Waals surface area contributed by atoms with Crippen molar-refractivity contribution >= 4 is 14.4 Å². The number of piperidine rings is 1. The van der Waals surface area contributed by atoms with E-state index >= 15 is 0 Å². The van der Waals surface area contributed by atoms with Crippen LogP contribution in [0.2, 0.25) is 18.1 Å². The third-order valence-corrected chi connectivity index (χ3v) is 10.1. The first-order valence-electron chi connectivity index (χ1n) is 9.33. The second kappa shape index (κ2) is 8.02. The summed E-state index contributed by atoms with van der Waals surface area (Å²) in [4.78, 5) is 14.1. The van der Waals surface area contributed by atoms with Crippen LogP contribution in [0, 0.1) is 0 Å². The molecule has 0 radical (unpaired) electrons. The fourth-order valence-electron chi connectivity index (χ4n) is 3.38. The minimum atomic E-state index is -1.62. The highest BCUT2D eigenvalue weighted by Crippen LogP contribution is 2.37. The van der Waals surface area contributed by atoms with Gasteiger partial charge in [-0.3, -0.25) is 0 Å². The van der Waals surface area contributed by atoms with Gasteiger partial charge in [0.05, 0.1) is 5.60 Å². The zero-order valence-corrected chi connectivity index (χ0v) is 17.3. The SMILES string of the molecule is CCC1(O[Si](CC)(CC)CC)CCN(C(=O)OC(C)(C)C)CC1. The van der Waals surface area contributed by atoms with Gasteiger partial charge < -0.3 is 14.1 Å². The third-order valence-electron chi connectivity index (χ3n) is 5.34. The number of amides is 1. The summed E-state index contributed by atoms with van der Waals surface area (Å²) in [6.45, 7) is 16.3. The Labute approximate surface area is 144 Å². The Hall–Kier alpha value is -0.553. The number of likely N-dealkylation sites (tertiary alicyclic amines) is 1. The van der Waals surface area contributed by atoms with Crippen molar-refractivity contribution in [2.75, 3.05) is 13.1 Å². The molecule has 0 aromatic rings. The Morgan fingerprint density at radius 1 is 1.04 bits per heavy atom. The first-order valence-corrected chi connectivity index (χ1v) is 11.9. The van der Waals surface area contributed by atoms with E-state index in [9.17, 15) is 4.79 Å². The molecule has 23 heavy (non-hydrogen) atoms. The van der Waals surface area contributed by atoms with Gasteiger partial charge in [0, 0.05) is 13.1 Å². The third kappa shape index (κ3) is 5.49. The van der Waals surface area contributed by atoms with Crippen molar-refractivity contribution in [3.8, 4) is 0 Å². The van der Waals surface area contributed by atoms with Crippen LogP contribution in [0.3, 0.4) is 0 Å². The van der Waals surface area contributed by atoms with E-state index in [1.54, 1.807) is 0 Å². The lowest BCUT2D eigenvalue weighted by Crippen LogP contribution is -2.54. The molecule has 0 spiro atoms. The quantitative estimate of drug-likeness (QED) is 0.623. The normalized spacial score (nSPS) is 18.8. The summed E-state index contributed by atoms with van der Waals surface area (Å²) in [5.74, 6) is 0. The lowest BCUT2D eigenvalue weighted by molar-refractivity contribution is -0.0250. The van der Waals surface area contributed by atoms with Gasteiger partial charge >= 0.3 is 6.09 Å². The smallest absolute Gasteiger partial charge is 0.410 e. The fourth-order valence-corrected chi connectivity index (χ4v) is 6.58. The van der Waals surface area contributed by atoms with Crippen molar-refractivity contribution in [1.29, 1.82) is 0 Å². The summed E-state index contributed by atoms with van der Waals surface area (Å²) >= 11 is 0. The minimum absolute atomic E-state index is 0.0350. The van der Waals surface area contributed by atoms with Crippen LogP contribution in [0.4, 0.5) is 4.79 Å². The molecule has 1 fully saturated rings. The van der Waals surface area contributed by atoms with Crippen LogP contribution in [-0.2, 0) is 9.16 Å². The van der Waals surface area contributed by atoms with Gasteiger partial charge in [0.15, 0.2) is 8.32 Å². The molecule has 1 aliphatic heterocycles. The highest BCUT2D eigenvalue weighted by Gasteiger charge is 2.42. The summed E-state index contributed by atoms with van der Waals surface area (Å²) in [7, 11) is -1.62. The van der Waals surface area contributed by atoms with Gasteiger partial charge in [-0.25, -0.2) is 4.79 Å². The Bertz CT molecular complexity index is 372. The molecule has 0 aromatic heterocycles. The molecule has 136 valence electrons. The van der Waals surface area contributed by atoms with Gasteiger partial charge in [-0.2, -0.15) is 0 Å². The lowest BCUT2D eigenvalue weighted by Gasteiger charge is -2.47. The molecule has 0 N–H and O–H groups in total. The molecular formula is C18H37NO3Si. The Morgan fingerprint density at radius 2 is 1.52 bits per heavy atom. The monoisotopic (exact) mass is 343 g/mol. The summed E-state index contributed by atoms with van der Waals surface area (Å²) in [5.41, 5.74) is -0.464. The first-order chi connectivity index (χ1) is 10.6. The predicted molar refractivity (Wildman–Crippen MR) is 98.3 cm³/mol. The van der Waals surface area contributed by atoms with Crippen LogP contribution in [0.25, 0.3) is 0 Å². The number of nitrogens with zero attached hydrogens (tertiary/aromatic N) is 1. The van der Waals surface area contributed by atoms with Crippen LogP contribution >= 0.6 is 0 Å². The van der Waals surface area contributed by atoms with Crippen LogP contribution in [-0.4, -0.2) is 43.6 Å². The molecule has 0 atom stereocenters. The van der Waals surface area contributed by atoms with Crippen molar-refractivity contribution in [2.24, 2.45) is 0 Å². The Kier molecular flexibility index (Phi) is 7.14. The fraction of sp³-hybridized carbons (Fsp3) is 0.944. The zero-order chi connectivity index (χ0) is 17.7. The van der Waals surface area contributed by atoms with Crippen LogP contribution in [0.1, 0.15) is 67.7 Å². The highest BCUT2D eigenvalue weighted by atomic mass is 28.4. The van der Waals surface area contributed by atoms with Crippen molar-refractivity contribution in [3.63, 3.8) is 0 Å². The summed E-state index contributed by atoms with van der Waals surface area (Å²) < 4.78 is 12.4. The van der Waals surface area contributed by atoms with Gasteiger partial charge in [0.25, 0.3) is 0 Å². The molecule has 0 saturated carbocycles. The van der Waals surface area contributed by atoms with Gasteiger partial charge in [-0.15, -0.1) is 0 Å². The molecule has 0 aliphatic carbocycles. The number of rotatable bonds is 6. The van der Waals surface area contributed by atoms with E-state index in [0.717, 1.165) is 32.4 Å². The molecule has 0 bridgehead atoms. The molecule has 1 amide bonds. The number of hydrogen-bond donors (Lipinski definition) is 0. The van der Waals surface area contributed by atoms with E-state index in [-0.39, 0.29) is 11.7 Å². The van der Waals surface area contributed by atoms with Crippen LogP contribution in [0.5, 0.6) is 0 Å². The molecular weight excluding hydrogens is 306 g/mol. The maximum absolute atomic E-state index is 12.2. The van der Waals surface area contributed by atoms with Crippen molar-refractivity contribution < 1.29 is 14.0 Å². The van der Waals surface area contributed by atoms with E-state index in [0.29, 0.717) is 0 Å². The summed E-state index contributed by atoms with van der Waals surface area (Å²) in [6, 6.07) is 3.53. The largest absolute Gasteiger partial charge is 0.444 e. The molecule has 0 unspecified atom stereocenters. The standard InChI is InChI=1S/C18H37NO3Si/c1-8-18(22-23(9-2,10-3)11-4)12-14-19(15-13-18)16(20)21-17(5,6)7/h8-15H2,1-7H3. The zero-order valence-electron chi connectivity index (χ0n) is 16.3. The van der Waals surface area contributed by atoms with Gasteiger partial charge in [0.1, 0.15) is 5.60 Å². The lowest BCUT2D eigenvalue weighted by atomic mass is 9.89. The molecule has 1 aliphatic rings. The summed E-state index contributed by atoms with van der Waals surface area (Å²) in [5, 5.41) is 0. The average Bonchev–Trinajstić information content (AvgIpc) is 2.52. The van der Waals surface area contributed by atoms with Gasteiger partial charge in [-0.1, -0.05) is 27.7 Å². The average molecular weight is 344 g/mol. The topological polar surface area (TPSA) is 38.8 Å². The number of carbonyl (C=O) groups excluding carboxylic acids is 1. The second-order valence-corrected chi connectivity index (χ2v) is 12.5. The van der Waals surface area contributed by atoms with Crippen molar-refractivity contribution in [3.05, 3.63) is 0 Å². The predicted octanol–water partition coefficient (Wildman–Crippen LogP) is 5.19. The molecule has 5 heteroatoms. The highest BCUT2D eigenvalue weighted by molar-refractivity contribution is 6.73. The maximum atomic E-state index is 12.2. The van der Waals surface area contributed by atoms with E-state index in [4.69, 9.17) is 9.16 Å². The van der Waals surface area contributed by atoms with Crippen molar-refractivity contribution in [1.82, 2.24) is 4.90 Å². The van der Waals surface area contributed by atoms with Crippen molar-refractivity contribution in [2.45, 2.75) is 97.1 Å². The number of carbonyl (C=O) groups is 1. The van der Waals surface area contributed by atoms with Crippen LogP contribution in [0.15, 0.2) is 0 Å². The minimum Gasteiger partial charge on any atom is -0.444 e.